The van der Waals surface area contributed by atoms with Crippen molar-refractivity contribution in [2.45, 2.75) is 105 Å². The van der Waals surface area contributed by atoms with E-state index in [0.717, 1.165) is 94.6 Å². The highest BCUT2D eigenvalue weighted by atomic mass is 16.5. The summed E-state index contributed by atoms with van der Waals surface area (Å²) in [5.41, 5.74) is 10.2. The third-order valence-corrected chi connectivity index (χ3v) is 13.5. The average molecular weight is 877 g/mol. The average Bonchev–Trinajstić information content (AvgIpc) is 4.16. The summed E-state index contributed by atoms with van der Waals surface area (Å²) in [6.45, 7) is 18.1. The first-order valence-electron chi connectivity index (χ1n) is 23.2. The first-order chi connectivity index (χ1) is 31.1. The summed E-state index contributed by atoms with van der Waals surface area (Å²) >= 11 is 0. The van der Waals surface area contributed by atoms with Crippen LogP contribution in [0.25, 0.3) is 50.7 Å². The lowest BCUT2D eigenvalue weighted by molar-refractivity contribution is -0.137. The molecule has 12 heteroatoms. The second-order valence-corrected chi connectivity index (χ2v) is 19.5. The molecular formula is C53H64N8O4. The quantitative estimate of drug-likeness (QED) is 0.112. The van der Waals surface area contributed by atoms with Gasteiger partial charge in [-0.3, -0.25) is 9.59 Å². The van der Waals surface area contributed by atoms with Crippen LogP contribution in [-0.4, -0.2) is 78.5 Å². The second-order valence-electron chi connectivity index (χ2n) is 19.5. The topological polar surface area (TPSA) is 141 Å². The van der Waals surface area contributed by atoms with Gasteiger partial charge in [-0.05, 0) is 83.9 Å². The van der Waals surface area contributed by atoms with Crippen molar-refractivity contribution in [3.63, 3.8) is 0 Å². The van der Waals surface area contributed by atoms with Crippen molar-refractivity contribution in [1.82, 2.24) is 39.6 Å². The van der Waals surface area contributed by atoms with Crippen LogP contribution < -0.4 is 5.32 Å². The summed E-state index contributed by atoms with van der Waals surface area (Å²) in [5.74, 6) is 1.81. The number of likely N-dealkylation sites (tertiary alicyclic amines) is 2. The van der Waals surface area contributed by atoms with Gasteiger partial charge in [-0.15, -0.1) is 0 Å². The molecule has 0 spiro atoms. The standard InChI is InChI=1S/C53H64N8O4/c1-32(2)34(5)50(62)59-28-10-12-45(59)48-54-30-41(56-48)35-14-18-37(19-15-35)43-26-27-44(61(43)40-24-22-39(23-25-40)53(6,7)8)38-20-16-36(17-21-38)42-31-55-49(57-42)46-13-11-29-60(46)51(63)47(33(3)4)58-52(64)65-9/h14-27,30-34,45-47H,10-13,28-29H2,1-9H3,(H,54,56)(H,55,57)(H,58,64)/t34-,45-,46-,47-/m0/s1. The van der Waals surface area contributed by atoms with E-state index in [1.54, 1.807) is 0 Å². The molecule has 5 heterocycles. The van der Waals surface area contributed by atoms with Crippen LogP contribution in [0.15, 0.2) is 97.3 Å². The van der Waals surface area contributed by atoms with Crippen molar-refractivity contribution in [2.24, 2.45) is 17.8 Å². The van der Waals surface area contributed by atoms with Crippen molar-refractivity contribution < 1.29 is 19.1 Å². The lowest BCUT2D eigenvalue weighted by atomic mass is 9.87. The highest BCUT2D eigenvalue weighted by Crippen LogP contribution is 2.38. The molecule has 6 aromatic rings. The van der Waals surface area contributed by atoms with E-state index in [-0.39, 0.29) is 47.1 Å². The summed E-state index contributed by atoms with van der Waals surface area (Å²) in [6, 6.07) is 29.3. The third kappa shape index (κ3) is 9.26. The van der Waals surface area contributed by atoms with Crippen molar-refractivity contribution in [3.8, 4) is 50.7 Å². The molecule has 65 heavy (non-hydrogen) atoms. The van der Waals surface area contributed by atoms with Gasteiger partial charge >= 0.3 is 6.09 Å². The van der Waals surface area contributed by atoms with Crippen LogP contribution >= 0.6 is 0 Å². The number of methoxy groups -OCH3 is 1. The Bertz CT molecular complexity index is 2610. The fraction of sp³-hybridized carbons (Fsp3) is 0.415. The van der Waals surface area contributed by atoms with E-state index in [9.17, 15) is 14.4 Å². The van der Waals surface area contributed by atoms with Gasteiger partial charge in [0.25, 0.3) is 0 Å². The zero-order valence-electron chi connectivity index (χ0n) is 39.3. The molecule has 12 nitrogen and oxygen atoms in total. The van der Waals surface area contributed by atoms with Crippen LogP contribution in [0.1, 0.15) is 110 Å². The molecule has 2 saturated heterocycles. The minimum absolute atomic E-state index is 0.0205. The van der Waals surface area contributed by atoms with Gasteiger partial charge < -0.3 is 34.4 Å². The summed E-state index contributed by atoms with van der Waals surface area (Å²) in [4.78, 5) is 59.8. The van der Waals surface area contributed by atoms with Crippen molar-refractivity contribution in [1.29, 1.82) is 0 Å². The molecule has 0 bridgehead atoms. The van der Waals surface area contributed by atoms with E-state index < -0.39 is 12.1 Å². The van der Waals surface area contributed by atoms with Gasteiger partial charge in [0.05, 0.1) is 42.0 Å². The normalized spacial score (nSPS) is 17.5. The molecule has 0 radical (unpaired) electrons. The SMILES string of the molecule is COC(=O)N[C@H](C(=O)N1CCC[C@H]1c1nc(-c2ccc(-c3ccc(-c4ccc(-c5c[nH]c([C@@H]6CCCN6C(=O)[C@@H](C)C(C)C)n5)cc4)n3-c3ccc(C(C)(C)C)cc3)cc2)c[nH]1)C(C)C. The van der Waals surface area contributed by atoms with E-state index in [0.29, 0.717) is 6.54 Å². The Labute approximate surface area is 383 Å². The molecule has 2 aliphatic heterocycles. The predicted octanol–water partition coefficient (Wildman–Crippen LogP) is 10.9. The van der Waals surface area contributed by atoms with Crippen LogP contribution in [-0.2, 0) is 19.7 Å². The van der Waals surface area contributed by atoms with E-state index in [1.807, 2.05) is 43.0 Å². The second kappa shape index (κ2) is 18.6. The summed E-state index contributed by atoms with van der Waals surface area (Å²) in [6.07, 6.45) is 6.76. The molecule has 340 valence electrons. The number of alkyl carbamates (subject to hydrolysis) is 1. The Balaban J connectivity index is 1.05. The van der Waals surface area contributed by atoms with Crippen LogP contribution in [0.3, 0.4) is 0 Å². The summed E-state index contributed by atoms with van der Waals surface area (Å²) in [5, 5.41) is 2.73. The maximum atomic E-state index is 13.7. The van der Waals surface area contributed by atoms with E-state index in [4.69, 9.17) is 14.7 Å². The maximum Gasteiger partial charge on any atom is 0.407 e. The zero-order chi connectivity index (χ0) is 46.2. The Kier molecular flexibility index (Phi) is 12.9. The molecule has 4 atom stereocenters. The van der Waals surface area contributed by atoms with Gasteiger partial charge in [0, 0.05) is 48.2 Å². The van der Waals surface area contributed by atoms with Crippen LogP contribution in [0, 0.1) is 17.8 Å². The van der Waals surface area contributed by atoms with Crippen molar-refractivity contribution in [3.05, 3.63) is 115 Å². The number of aromatic nitrogens is 5. The van der Waals surface area contributed by atoms with Gasteiger partial charge in [-0.25, -0.2) is 14.8 Å². The van der Waals surface area contributed by atoms with E-state index in [2.05, 4.69) is 139 Å². The largest absolute Gasteiger partial charge is 0.453 e. The van der Waals surface area contributed by atoms with E-state index in [1.165, 1.54) is 12.7 Å². The smallest absolute Gasteiger partial charge is 0.407 e. The van der Waals surface area contributed by atoms with Gasteiger partial charge in [0.15, 0.2) is 0 Å². The van der Waals surface area contributed by atoms with Gasteiger partial charge in [0.1, 0.15) is 17.7 Å². The van der Waals surface area contributed by atoms with Crippen molar-refractivity contribution >= 4 is 17.9 Å². The Hall–Kier alpha value is -6.43. The van der Waals surface area contributed by atoms with Crippen LogP contribution in [0.4, 0.5) is 4.79 Å². The number of carbonyl (C=O) groups excluding carboxylic acids is 3. The zero-order valence-corrected chi connectivity index (χ0v) is 39.3. The van der Waals surface area contributed by atoms with Crippen LogP contribution in [0.2, 0.25) is 0 Å². The van der Waals surface area contributed by atoms with Gasteiger partial charge in [0.2, 0.25) is 11.8 Å². The molecular weight excluding hydrogens is 813 g/mol. The molecule has 3 N–H and O–H groups in total. The Morgan fingerprint density at radius 3 is 1.54 bits per heavy atom. The first kappa shape index (κ1) is 45.1. The highest BCUT2D eigenvalue weighted by molar-refractivity contribution is 5.86. The summed E-state index contributed by atoms with van der Waals surface area (Å²) < 4.78 is 7.13. The van der Waals surface area contributed by atoms with Gasteiger partial charge in [-0.2, -0.15) is 0 Å². The molecule has 3 amide bonds. The maximum absolute atomic E-state index is 13.7. The van der Waals surface area contributed by atoms with Gasteiger partial charge in [-0.1, -0.05) is 116 Å². The highest BCUT2D eigenvalue weighted by Gasteiger charge is 2.38. The lowest BCUT2D eigenvalue weighted by Gasteiger charge is -2.29. The number of nitrogens with zero attached hydrogens (tertiary/aromatic N) is 5. The molecule has 0 unspecified atom stereocenters. The number of carbonyl (C=O) groups is 3. The molecule has 0 saturated carbocycles. The lowest BCUT2D eigenvalue weighted by Crippen LogP contribution is -2.51. The summed E-state index contributed by atoms with van der Waals surface area (Å²) in [7, 11) is 1.30. The minimum atomic E-state index is -0.692. The molecule has 2 aliphatic rings. The molecule has 8 rings (SSSR count). The van der Waals surface area contributed by atoms with Crippen LogP contribution in [0.5, 0.6) is 0 Å². The predicted molar refractivity (Wildman–Crippen MR) is 256 cm³/mol. The number of nitrogens with one attached hydrogen (secondary N) is 3. The first-order valence-corrected chi connectivity index (χ1v) is 23.2. The molecule has 2 fully saturated rings. The Morgan fingerprint density at radius 1 is 0.646 bits per heavy atom. The fourth-order valence-electron chi connectivity index (χ4n) is 9.26. The number of benzene rings is 3. The Morgan fingerprint density at radius 2 is 1.11 bits per heavy atom. The van der Waals surface area contributed by atoms with Crippen molar-refractivity contribution in [2.75, 3.05) is 20.2 Å². The molecule has 3 aromatic heterocycles. The monoisotopic (exact) mass is 877 g/mol. The number of ether oxygens (including phenoxy) is 1. The number of H-pyrrole nitrogens is 2. The number of hydrogen-bond acceptors (Lipinski definition) is 6. The molecule has 0 aliphatic carbocycles. The third-order valence-electron chi connectivity index (χ3n) is 13.5. The number of hydrogen-bond donors (Lipinski definition) is 3. The van der Waals surface area contributed by atoms with E-state index >= 15 is 0 Å². The fourth-order valence-corrected chi connectivity index (χ4v) is 9.26. The molecule has 3 aromatic carbocycles. The minimum Gasteiger partial charge on any atom is -0.453 e. The number of amides is 3. The number of imidazole rings is 2. The number of aromatic amines is 2. The number of rotatable bonds is 12.